The number of aryl methyl sites for hydroxylation is 1. The molecule has 0 aliphatic heterocycles. The number of hydrogen-bond acceptors (Lipinski definition) is 4. The first kappa shape index (κ1) is 14.8. The van der Waals surface area contributed by atoms with Crippen LogP contribution < -0.4 is 5.43 Å². The van der Waals surface area contributed by atoms with Crippen molar-refractivity contribution in [2.45, 2.75) is 13.3 Å². The molecule has 0 atom stereocenters. The van der Waals surface area contributed by atoms with Gasteiger partial charge in [0.05, 0.1) is 12.6 Å². The standard InChI is InChI=1S/C13H11BrFN3OS/c1-8-7-20-13(17-8)5-12(19)18-16-6-9-4-10(14)2-3-11(9)15/h2-4,6-7H,5H2,1H3,(H,18,19)/b16-6-. The maximum absolute atomic E-state index is 13.4. The number of carbonyl (C=O) groups is 1. The normalized spacial score (nSPS) is 10.9. The van der Waals surface area contributed by atoms with E-state index in [0.29, 0.717) is 5.56 Å². The summed E-state index contributed by atoms with van der Waals surface area (Å²) in [6, 6.07) is 4.50. The van der Waals surface area contributed by atoms with Gasteiger partial charge in [-0.25, -0.2) is 14.8 Å². The molecule has 1 aromatic carbocycles. The SMILES string of the molecule is Cc1csc(CC(=O)N/N=C\c2cc(Br)ccc2F)n1. The van der Waals surface area contributed by atoms with Crippen LogP contribution in [0.4, 0.5) is 4.39 Å². The quantitative estimate of drug-likeness (QED) is 0.676. The second kappa shape index (κ2) is 6.71. The third-order valence-corrected chi connectivity index (χ3v) is 3.79. The van der Waals surface area contributed by atoms with E-state index in [-0.39, 0.29) is 12.3 Å². The lowest BCUT2D eigenvalue weighted by atomic mass is 10.2. The maximum Gasteiger partial charge on any atom is 0.246 e. The lowest BCUT2D eigenvalue weighted by Crippen LogP contribution is -2.19. The zero-order valence-corrected chi connectivity index (χ0v) is 13.0. The van der Waals surface area contributed by atoms with Crippen molar-refractivity contribution in [3.8, 4) is 0 Å². The summed E-state index contributed by atoms with van der Waals surface area (Å²) in [5, 5.41) is 6.34. The fourth-order valence-electron chi connectivity index (χ4n) is 1.45. The average molecular weight is 356 g/mol. The van der Waals surface area contributed by atoms with E-state index in [4.69, 9.17) is 0 Å². The Hall–Kier alpha value is -1.60. The number of hydrazone groups is 1. The van der Waals surface area contributed by atoms with Crippen LogP contribution in [0.3, 0.4) is 0 Å². The zero-order valence-electron chi connectivity index (χ0n) is 10.6. The second-order valence-electron chi connectivity index (χ2n) is 4.02. The van der Waals surface area contributed by atoms with Crippen molar-refractivity contribution in [2.24, 2.45) is 5.10 Å². The van der Waals surface area contributed by atoms with Gasteiger partial charge in [0.1, 0.15) is 10.8 Å². The van der Waals surface area contributed by atoms with Crippen molar-refractivity contribution in [3.05, 3.63) is 50.1 Å². The number of hydrogen-bond donors (Lipinski definition) is 1. The number of nitrogens with one attached hydrogen (secondary N) is 1. The summed E-state index contributed by atoms with van der Waals surface area (Å²) in [4.78, 5) is 15.8. The Bertz CT molecular complexity index is 657. The van der Waals surface area contributed by atoms with Crippen LogP contribution in [-0.4, -0.2) is 17.1 Å². The molecule has 104 valence electrons. The highest BCUT2D eigenvalue weighted by atomic mass is 79.9. The summed E-state index contributed by atoms with van der Waals surface area (Å²) in [6.07, 6.45) is 1.43. The van der Waals surface area contributed by atoms with E-state index in [9.17, 15) is 9.18 Å². The number of rotatable bonds is 4. The third-order valence-electron chi connectivity index (χ3n) is 2.33. The first-order chi connectivity index (χ1) is 9.54. The highest BCUT2D eigenvalue weighted by Gasteiger charge is 2.05. The van der Waals surface area contributed by atoms with Crippen LogP contribution in [-0.2, 0) is 11.2 Å². The van der Waals surface area contributed by atoms with Gasteiger partial charge < -0.3 is 0 Å². The number of amides is 1. The predicted molar refractivity (Wildman–Crippen MR) is 80.4 cm³/mol. The van der Waals surface area contributed by atoms with Crippen LogP contribution in [0.5, 0.6) is 0 Å². The molecule has 0 saturated heterocycles. The third kappa shape index (κ3) is 4.21. The number of carbonyl (C=O) groups excluding carboxylic acids is 1. The smallest absolute Gasteiger partial charge is 0.246 e. The fourth-order valence-corrected chi connectivity index (χ4v) is 2.60. The number of halogens is 2. The molecule has 0 aliphatic rings. The van der Waals surface area contributed by atoms with E-state index in [1.54, 1.807) is 12.1 Å². The molecule has 0 bridgehead atoms. The van der Waals surface area contributed by atoms with Gasteiger partial charge in [-0.15, -0.1) is 11.3 Å². The Labute approximate surface area is 127 Å². The van der Waals surface area contributed by atoms with Crippen LogP contribution in [0, 0.1) is 12.7 Å². The summed E-state index contributed by atoms with van der Waals surface area (Å²) in [5.41, 5.74) is 3.53. The molecule has 2 aromatic rings. The maximum atomic E-state index is 13.4. The monoisotopic (exact) mass is 355 g/mol. The van der Waals surface area contributed by atoms with Gasteiger partial charge >= 0.3 is 0 Å². The fraction of sp³-hybridized carbons (Fsp3) is 0.154. The molecule has 1 N–H and O–H groups in total. The number of thiazole rings is 1. The molecular weight excluding hydrogens is 345 g/mol. The van der Waals surface area contributed by atoms with Crippen LogP contribution in [0.2, 0.25) is 0 Å². The minimum atomic E-state index is -0.401. The Morgan fingerprint density at radius 2 is 2.40 bits per heavy atom. The van der Waals surface area contributed by atoms with Crippen molar-refractivity contribution >= 4 is 39.4 Å². The molecule has 0 aliphatic carbocycles. The van der Waals surface area contributed by atoms with Crippen molar-refractivity contribution in [1.29, 1.82) is 0 Å². The van der Waals surface area contributed by atoms with Gasteiger partial charge in [-0.05, 0) is 25.1 Å². The van der Waals surface area contributed by atoms with Gasteiger partial charge in [0, 0.05) is 21.1 Å². The lowest BCUT2D eigenvalue weighted by molar-refractivity contribution is -0.120. The van der Waals surface area contributed by atoms with Gasteiger partial charge in [-0.3, -0.25) is 4.79 Å². The molecule has 20 heavy (non-hydrogen) atoms. The van der Waals surface area contributed by atoms with E-state index in [0.717, 1.165) is 15.2 Å². The highest BCUT2D eigenvalue weighted by Crippen LogP contribution is 2.13. The van der Waals surface area contributed by atoms with Crippen LogP contribution >= 0.6 is 27.3 Å². The van der Waals surface area contributed by atoms with Crippen LogP contribution in [0.15, 0.2) is 33.2 Å². The first-order valence-corrected chi connectivity index (χ1v) is 7.40. The van der Waals surface area contributed by atoms with E-state index in [2.05, 4.69) is 31.4 Å². The molecule has 0 unspecified atom stereocenters. The molecule has 4 nitrogen and oxygen atoms in total. The van der Waals surface area contributed by atoms with Crippen molar-refractivity contribution in [1.82, 2.24) is 10.4 Å². The molecule has 0 saturated carbocycles. The van der Waals surface area contributed by atoms with E-state index >= 15 is 0 Å². The molecule has 0 radical (unpaired) electrons. The average Bonchev–Trinajstić information content (AvgIpc) is 2.79. The molecule has 1 heterocycles. The van der Waals surface area contributed by atoms with Gasteiger partial charge in [0.15, 0.2) is 0 Å². The number of benzene rings is 1. The Morgan fingerprint density at radius 3 is 3.10 bits per heavy atom. The van der Waals surface area contributed by atoms with Gasteiger partial charge in [0.2, 0.25) is 5.91 Å². The van der Waals surface area contributed by atoms with Crippen molar-refractivity contribution in [2.75, 3.05) is 0 Å². The Balaban J connectivity index is 1.92. The molecule has 0 spiro atoms. The van der Waals surface area contributed by atoms with Crippen molar-refractivity contribution < 1.29 is 9.18 Å². The Kier molecular flexibility index (Phi) is 4.97. The minimum Gasteiger partial charge on any atom is -0.273 e. The predicted octanol–water partition coefficient (Wildman–Crippen LogP) is 3.05. The van der Waals surface area contributed by atoms with Crippen molar-refractivity contribution in [3.63, 3.8) is 0 Å². The number of nitrogens with zero attached hydrogens (tertiary/aromatic N) is 2. The first-order valence-electron chi connectivity index (χ1n) is 5.72. The van der Waals surface area contributed by atoms with Crippen LogP contribution in [0.25, 0.3) is 0 Å². The molecule has 2 rings (SSSR count). The lowest BCUT2D eigenvalue weighted by Gasteiger charge is -1.99. The summed E-state index contributed by atoms with van der Waals surface area (Å²) in [6.45, 7) is 1.87. The van der Waals surface area contributed by atoms with E-state index < -0.39 is 5.82 Å². The molecule has 1 amide bonds. The topological polar surface area (TPSA) is 54.4 Å². The molecule has 0 fully saturated rings. The zero-order chi connectivity index (χ0) is 14.5. The van der Waals surface area contributed by atoms with Crippen LogP contribution in [0.1, 0.15) is 16.3 Å². The van der Waals surface area contributed by atoms with Gasteiger partial charge in [0.25, 0.3) is 0 Å². The largest absolute Gasteiger partial charge is 0.273 e. The summed E-state index contributed by atoms with van der Waals surface area (Å²) in [5.74, 6) is -0.687. The molecule has 7 heteroatoms. The highest BCUT2D eigenvalue weighted by molar-refractivity contribution is 9.10. The summed E-state index contributed by atoms with van der Waals surface area (Å²) in [7, 11) is 0. The minimum absolute atomic E-state index is 0.164. The van der Waals surface area contributed by atoms with Gasteiger partial charge in [-0.1, -0.05) is 15.9 Å². The molecular formula is C13H11BrFN3OS. The van der Waals surface area contributed by atoms with Gasteiger partial charge in [-0.2, -0.15) is 5.10 Å². The Morgan fingerprint density at radius 1 is 1.60 bits per heavy atom. The second-order valence-corrected chi connectivity index (χ2v) is 5.88. The molecule has 1 aromatic heterocycles. The van der Waals surface area contributed by atoms with E-state index in [1.165, 1.54) is 23.6 Å². The summed E-state index contributed by atoms with van der Waals surface area (Å²) >= 11 is 4.66. The number of aromatic nitrogens is 1. The van der Waals surface area contributed by atoms with E-state index in [1.807, 2.05) is 12.3 Å². The summed E-state index contributed by atoms with van der Waals surface area (Å²) < 4.78 is 14.2.